The van der Waals surface area contributed by atoms with Crippen LogP contribution in [0.25, 0.3) is 21.6 Å². The van der Waals surface area contributed by atoms with Crippen LogP contribution in [0.3, 0.4) is 0 Å². The Morgan fingerprint density at radius 3 is 2.47 bits per heavy atom. The van der Waals surface area contributed by atoms with Crippen molar-refractivity contribution in [2.24, 2.45) is 5.11 Å². The summed E-state index contributed by atoms with van der Waals surface area (Å²) >= 11 is 0. The van der Waals surface area contributed by atoms with Gasteiger partial charge in [0.2, 0.25) is 0 Å². The van der Waals surface area contributed by atoms with Gasteiger partial charge < -0.3 is 5.73 Å². The lowest BCUT2D eigenvalue weighted by Crippen LogP contribution is -1.86. The van der Waals surface area contributed by atoms with Gasteiger partial charge >= 0.3 is 0 Å². The summed E-state index contributed by atoms with van der Waals surface area (Å²) < 4.78 is 0. The van der Waals surface area contributed by atoms with Crippen molar-refractivity contribution < 1.29 is 0 Å². The lowest BCUT2D eigenvalue weighted by molar-refractivity contribution is 1.41. The molecule has 0 fully saturated rings. The van der Waals surface area contributed by atoms with E-state index in [1.807, 2.05) is 43.3 Å². The number of hydrogen-bond donors (Lipinski definition) is 1. The second-order valence-corrected chi connectivity index (χ2v) is 3.81. The van der Waals surface area contributed by atoms with E-state index < -0.39 is 0 Å². The molecule has 17 heavy (non-hydrogen) atoms. The number of anilines is 1. The standard InChI is InChI=1S/C13H12N4/c1-9-2-7-12(16-17-15)8-13(9)10-3-5-11(14)6-4-10/h2-8H,14H2,1H3. The fourth-order valence-corrected chi connectivity index (χ4v) is 1.70. The summed E-state index contributed by atoms with van der Waals surface area (Å²) in [6.07, 6.45) is 0. The SMILES string of the molecule is Cc1ccc(N=[N+]=[N-])cc1-c1ccc(N)cc1. The van der Waals surface area contributed by atoms with Gasteiger partial charge in [0.1, 0.15) is 0 Å². The van der Waals surface area contributed by atoms with Crippen molar-refractivity contribution in [2.75, 3.05) is 5.73 Å². The van der Waals surface area contributed by atoms with E-state index in [2.05, 4.69) is 10.0 Å². The molecule has 0 atom stereocenters. The number of azide groups is 1. The first kappa shape index (κ1) is 11.0. The van der Waals surface area contributed by atoms with Crippen LogP contribution in [-0.4, -0.2) is 0 Å². The fraction of sp³-hybridized carbons (Fsp3) is 0.0769. The third-order valence-electron chi connectivity index (χ3n) is 2.60. The van der Waals surface area contributed by atoms with Crippen molar-refractivity contribution >= 4 is 11.4 Å². The van der Waals surface area contributed by atoms with Gasteiger partial charge in [-0.05, 0) is 47.3 Å². The van der Waals surface area contributed by atoms with Crippen molar-refractivity contribution in [2.45, 2.75) is 6.92 Å². The van der Waals surface area contributed by atoms with Crippen LogP contribution in [0.1, 0.15) is 5.56 Å². The van der Waals surface area contributed by atoms with Gasteiger partial charge in [-0.15, -0.1) is 0 Å². The molecule has 0 amide bonds. The van der Waals surface area contributed by atoms with E-state index in [1.165, 1.54) is 0 Å². The summed E-state index contributed by atoms with van der Waals surface area (Å²) in [6, 6.07) is 13.2. The second kappa shape index (κ2) is 4.60. The zero-order valence-electron chi connectivity index (χ0n) is 9.46. The summed E-state index contributed by atoms with van der Waals surface area (Å²) in [6.45, 7) is 2.02. The van der Waals surface area contributed by atoms with E-state index in [1.54, 1.807) is 6.07 Å². The van der Waals surface area contributed by atoms with Crippen LogP contribution in [-0.2, 0) is 0 Å². The van der Waals surface area contributed by atoms with Crippen molar-refractivity contribution in [1.82, 2.24) is 0 Å². The quantitative estimate of drug-likeness (QED) is 0.353. The van der Waals surface area contributed by atoms with E-state index >= 15 is 0 Å². The molecular weight excluding hydrogens is 212 g/mol. The highest BCUT2D eigenvalue weighted by atomic mass is 15.1. The highest BCUT2D eigenvalue weighted by molar-refractivity contribution is 5.71. The van der Waals surface area contributed by atoms with E-state index in [0.717, 1.165) is 22.4 Å². The monoisotopic (exact) mass is 224 g/mol. The van der Waals surface area contributed by atoms with Gasteiger partial charge in [-0.25, -0.2) is 0 Å². The van der Waals surface area contributed by atoms with Crippen LogP contribution in [0.2, 0.25) is 0 Å². The smallest absolute Gasteiger partial charge is 0.0381 e. The minimum absolute atomic E-state index is 0.616. The zero-order valence-corrected chi connectivity index (χ0v) is 9.46. The van der Waals surface area contributed by atoms with Crippen molar-refractivity contribution in [1.29, 1.82) is 0 Å². The Labute approximate surface area is 99.3 Å². The first-order valence-electron chi connectivity index (χ1n) is 5.22. The van der Waals surface area contributed by atoms with Crippen LogP contribution in [0.5, 0.6) is 0 Å². The van der Waals surface area contributed by atoms with Gasteiger partial charge in [0.05, 0.1) is 0 Å². The average molecular weight is 224 g/mol. The summed E-state index contributed by atoms with van der Waals surface area (Å²) in [5.74, 6) is 0. The highest BCUT2D eigenvalue weighted by Gasteiger charge is 2.02. The van der Waals surface area contributed by atoms with Crippen LogP contribution in [0.4, 0.5) is 11.4 Å². The molecule has 0 saturated heterocycles. The van der Waals surface area contributed by atoms with Gasteiger partial charge in [0, 0.05) is 16.3 Å². The summed E-state index contributed by atoms with van der Waals surface area (Å²) in [5.41, 5.74) is 18.7. The van der Waals surface area contributed by atoms with Gasteiger partial charge in [-0.1, -0.05) is 29.4 Å². The molecule has 0 saturated carbocycles. The molecule has 0 aliphatic rings. The van der Waals surface area contributed by atoms with E-state index in [9.17, 15) is 0 Å². The normalized spacial score (nSPS) is 9.71. The van der Waals surface area contributed by atoms with Gasteiger partial charge in [-0.3, -0.25) is 0 Å². The van der Waals surface area contributed by atoms with Crippen LogP contribution in [0.15, 0.2) is 47.6 Å². The molecule has 4 nitrogen and oxygen atoms in total. The molecule has 0 bridgehead atoms. The molecule has 0 unspecified atom stereocenters. The van der Waals surface area contributed by atoms with Crippen molar-refractivity contribution in [3.63, 3.8) is 0 Å². The van der Waals surface area contributed by atoms with Crippen molar-refractivity contribution in [3.8, 4) is 11.1 Å². The number of hydrogen-bond acceptors (Lipinski definition) is 2. The molecule has 2 N–H and O–H groups in total. The van der Waals surface area contributed by atoms with Gasteiger partial charge in [-0.2, -0.15) is 0 Å². The Morgan fingerprint density at radius 1 is 1.12 bits per heavy atom. The number of benzene rings is 2. The lowest BCUT2D eigenvalue weighted by Gasteiger charge is -2.07. The van der Waals surface area contributed by atoms with Crippen LogP contribution >= 0.6 is 0 Å². The van der Waals surface area contributed by atoms with E-state index in [0.29, 0.717) is 5.69 Å². The number of aryl methyl sites for hydroxylation is 1. The topological polar surface area (TPSA) is 74.8 Å². The first-order chi connectivity index (χ1) is 8.20. The van der Waals surface area contributed by atoms with Crippen LogP contribution < -0.4 is 5.73 Å². The molecule has 0 heterocycles. The number of nitrogen functional groups attached to an aromatic ring is 1. The fourth-order valence-electron chi connectivity index (χ4n) is 1.70. The Bertz CT molecular complexity index is 581. The zero-order chi connectivity index (χ0) is 12.3. The predicted octanol–water partition coefficient (Wildman–Crippen LogP) is 4.19. The highest BCUT2D eigenvalue weighted by Crippen LogP contribution is 2.28. The number of nitrogens with two attached hydrogens (primary N) is 1. The molecule has 2 aromatic rings. The minimum atomic E-state index is 0.616. The molecule has 0 aliphatic heterocycles. The Hall–Kier alpha value is -2.45. The maximum Gasteiger partial charge on any atom is 0.0381 e. The maximum atomic E-state index is 8.43. The van der Waals surface area contributed by atoms with Gasteiger partial charge in [0.15, 0.2) is 0 Å². The summed E-state index contributed by atoms with van der Waals surface area (Å²) in [4.78, 5) is 2.79. The molecule has 0 aromatic heterocycles. The maximum absolute atomic E-state index is 8.43. The number of nitrogens with zero attached hydrogens (tertiary/aromatic N) is 3. The van der Waals surface area contributed by atoms with E-state index in [4.69, 9.17) is 11.3 Å². The first-order valence-corrected chi connectivity index (χ1v) is 5.22. The molecule has 0 aliphatic carbocycles. The van der Waals surface area contributed by atoms with E-state index in [-0.39, 0.29) is 0 Å². The van der Waals surface area contributed by atoms with Crippen molar-refractivity contribution in [3.05, 3.63) is 58.5 Å². The lowest BCUT2D eigenvalue weighted by atomic mass is 10.00. The summed E-state index contributed by atoms with van der Waals surface area (Å²) in [7, 11) is 0. The average Bonchev–Trinajstić information content (AvgIpc) is 2.33. The molecule has 2 aromatic carbocycles. The molecule has 0 radical (unpaired) electrons. The molecule has 4 heteroatoms. The number of rotatable bonds is 2. The Balaban J connectivity index is 2.53. The van der Waals surface area contributed by atoms with Crippen LogP contribution in [0, 0.1) is 6.92 Å². The molecule has 2 rings (SSSR count). The Morgan fingerprint density at radius 2 is 1.82 bits per heavy atom. The molecule has 0 spiro atoms. The Kier molecular flexibility index (Phi) is 2.99. The predicted molar refractivity (Wildman–Crippen MR) is 69.8 cm³/mol. The minimum Gasteiger partial charge on any atom is -0.399 e. The largest absolute Gasteiger partial charge is 0.399 e. The van der Waals surface area contributed by atoms with Gasteiger partial charge in [0.25, 0.3) is 0 Å². The molecular formula is C13H12N4. The molecule has 84 valence electrons. The second-order valence-electron chi connectivity index (χ2n) is 3.81. The third-order valence-corrected chi connectivity index (χ3v) is 2.60. The third kappa shape index (κ3) is 2.38. The summed E-state index contributed by atoms with van der Waals surface area (Å²) in [5, 5.41) is 3.61.